The molecule has 0 saturated carbocycles. The first-order chi connectivity index (χ1) is 18.6. The van der Waals surface area contributed by atoms with Crippen LogP contribution in [0.25, 0.3) is 16.7 Å². The van der Waals surface area contributed by atoms with Crippen molar-refractivity contribution in [2.45, 2.75) is 16.6 Å². The van der Waals surface area contributed by atoms with Crippen molar-refractivity contribution in [3.63, 3.8) is 0 Å². The Bertz CT molecular complexity index is 1890. The smallest absolute Gasteiger partial charge is 0.267 e. The predicted molar refractivity (Wildman–Crippen MR) is 144 cm³/mol. The van der Waals surface area contributed by atoms with Crippen LogP contribution in [0.5, 0.6) is 0 Å². The molecule has 0 unspecified atom stereocenters. The summed E-state index contributed by atoms with van der Waals surface area (Å²) in [4.78, 5) is 31.3. The van der Waals surface area contributed by atoms with E-state index in [2.05, 4.69) is 20.5 Å². The maximum absolute atomic E-state index is 13.3. The van der Waals surface area contributed by atoms with Crippen LogP contribution in [0.4, 0.5) is 5.13 Å². The summed E-state index contributed by atoms with van der Waals surface area (Å²) in [6.07, 6.45) is 3.14. The second-order valence-corrected chi connectivity index (χ2v) is 10.5. The number of fused-ring (bicyclic) bond motifs is 2. The van der Waals surface area contributed by atoms with Crippen LogP contribution < -0.4 is 16.4 Å². The number of nitrogens with one attached hydrogen (secondary N) is 2. The lowest BCUT2D eigenvalue weighted by Crippen LogP contribution is -2.32. The largest absolute Gasteiger partial charge is 0.467 e. The van der Waals surface area contributed by atoms with Gasteiger partial charge in [0.15, 0.2) is 4.34 Å². The number of nitrogens with zero attached hydrogens (tertiary/aromatic N) is 5. The number of aromatic nitrogens is 5. The van der Waals surface area contributed by atoms with Gasteiger partial charge in [-0.05, 0) is 35.9 Å². The summed E-state index contributed by atoms with van der Waals surface area (Å²) < 4.78 is 9.09. The zero-order valence-electron chi connectivity index (χ0n) is 19.7. The van der Waals surface area contributed by atoms with Gasteiger partial charge in [-0.3, -0.25) is 24.7 Å². The Labute approximate surface area is 223 Å². The van der Waals surface area contributed by atoms with Gasteiger partial charge in [-0.1, -0.05) is 59.5 Å². The molecule has 2 N–H and O–H groups in total. The summed E-state index contributed by atoms with van der Waals surface area (Å²) in [6.45, 7) is 0.123. The molecule has 0 aliphatic heterocycles. The predicted octanol–water partition coefficient (Wildman–Crippen LogP) is 4.17. The number of anilines is 1. The molecule has 0 atom stereocenters. The van der Waals surface area contributed by atoms with E-state index in [9.17, 15) is 9.59 Å². The molecule has 5 aromatic heterocycles. The number of carbonyl (C=O) groups excluding carboxylic acids is 1. The van der Waals surface area contributed by atoms with Gasteiger partial charge in [0, 0.05) is 11.9 Å². The minimum absolute atomic E-state index is 0.00697. The van der Waals surface area contributed by atoms with E-state index in [-0.39, 0.29) is 34.2 Å². The summed E-state index contributed by atoms with van der Waals surface area (Å²) in [7, 11) is 0. The maximum atomic E-state index is 13.3. The van der Waals surface area contributed by atoms with Crippen LogP contribution in [0.1, 0.15) is 21.7 Å². The fourth-order valence-corrected chi connectivity index (χ4v) is 5.68. The van der Waals surface area contributed by atoms with Gasteiger partial charge in [0.1, 0.15) is 22.5 Å². The molecular weight excluding hydrogens is 522 g/mol. The van der Waals surface area contributed by atoms with E-state index >= 15 is 0 Å². The van der Waals surface area contributed by atoms with Crippen molar-refractivity contribution in [3.8, 4) is 0 Å². The molecule has 1 aromatic carbocycles. The average molecular weight is 542 g/mol. The number of pyridine rings is 2. The van der Waals surface area contributed by atoms with Crippen LogP contribution in [0.15, 0.2) is 92.7 Å². The average Bonchev–Trinajstić information content (AvgIpc) is 3.62. The molecule has 38 heavy (non-hydrogen) atoms. The standard InChI is InChI=1S/C26H19N7O3S2/c27-21-18(23(34)29-25-30-31-26(38-25)37-15-16-7-2-1-3-8-16)13-19-22(33(21)14-17-9-6-12-36-17)28-20-10-4-5-11-32(20)24(19)35/h1-13,27H,14-15H2,(H,29,30,34). The number of hydrogen-bond acceptors (Lipinski definition) is 9. The number of hydrogen-bond donors (Lipinski definition) is 2. The third-order valence-corrected chi connectivity index (χ3v) is 7.83. The number of benzene rings is 1. The minimum Gasteiger partial charge on any atom is -0.467 e. The van der Waals surface area contributed by atoms with Crippen LogP contribution in [0.3, 0.4) is 0 Å². The Kier molecular flexibility index (Phi) is 6.32. The molecule has 0 spiro atoms. The lowest BCUT2D eigenvalue weighted by molar-refractivity contribution is 0.102. The SMILES string of the molecule is N=c1c(C(=O)Nc2nnc(SCc3ccccc3)s2)cc2c(=O)n3ccccc3nc2n1Cc1ccco1. The quantitative estimate of drug-likeness (QED) is 0.176. The van der Waals surface area contributed by atoms with E-state index in [1.54, 1.807) is 36.5 Å². The van der Waals surface area contributed by atoms with Gasteiger partial charge in [0.2, 0.25) is 5.13 Å². The van der Waals surface area contributed by atoms with Crippen molar-refractivity contribution in [3.05, 3.63) is 112 Å². The third-order valence-electron chi connectivity index (χ3n) is 5.79. The van der Waals surface area contributed by atoms with E-state index in [1.165, 1.54) is 44.4 Å². The topological polar surface area (TPSA) is 131 Å². The first-order valence-corrected chi connectivity index (χ1v) is 13.3. The van der Waals surface area contributed by atoms with Crippen LogP contribution >= 0.6 is 23.1 Å². The molecule has 6 rings (SSSR count). The zero-order chi connectivity index (χ0) is 26.1. The number of thioether (sulfide) groups is 1. The van der Waals surface area contributed by atoms with Crippen molar-refractivity contribution in [2.24, 2.45) is 0 Å². The van der Waals surface area contributed by atoms with Gasteiger partial charge < -0.3 is 8.98 Å². The first-order valence-electron chi connectivity index (χ1n) is 11.5. The zero-order valence-corrected chi connectivity index (χ0v) is 21.3. The molecule has 0 radical (unpaired) electrons. The molecule has 188 valence electrons. The highest BCUT2D eigenvalue weighted by molar-refractivity contribution is 8.00. The van der Waals surface area contributed by atoms with Crippen molar-refractivity contribution in [2.75, 3.05) is 5.32 Å². The second kappa shape index (κ2) is 10.1. The Morgan fingerprint density at radius 1 is 1.08 bits per heavy atom. The molecule has 0 fully saturated rings. The molecule has 0 bridgehead atoms. The van der Waals surface area contributed by atoms with Crippen molar-refractivity contribution >= 4 is 50.8 Å². The Balaban J connectivity index is 1.36. The molecule has 10 nitrogen and oxygen atoms in total. The fraction of sp³-hybridized carbons (Fsp3) is 0.0769. The summed E-state index contributed by atoms with van der Waals surface area (Å²) in [5.41, 5.74) is 1.43. The van der Waals surface area contributed by atoms with E-state index < -0.39 is 5.91 Å². The maximum Gasteiger partial charge on any atom is 0.267 e. The number of amides is 1. The number of rotatable bonds is 7. The van der Waals surface area contributed by atoms with Crippen LogP contribution in [0, 0.1) is 5.41 Å². The monoisotopic (exact) mass is 541 g/mol. The Morgan fingerprint density at radius 2 is 1.92 bits per heavy atom. The number of furan rings is 1. The Morgan fingerprint density at radius 3 is 2.74 bits per heavy atom. The highest BCUT2D eigenvalue weighted by Crippen LogP contribution is 2.28. The van der Waals surface area contributed by atoms with Crippen molar-refractivity contribution < 1.29 is 9.21 Å². The van der Waals surface area contributed by atoms with Gasteiger partial charge in [0.25, 0.3) is 11.5 Å². The van der Waals surface area contributed by atoms with Crippen LogP contribution in [-0.4, -0.2) is 30.1 Å². The first kappa shape index (κ1) is 23.8. The molecule has 0 aliphatic rings. The minimum atomic E-state index is -0.571. The normalized spacial score (nSPS) is 11.3. The molecule has 0 aliphatic carbocycles. The number of carbonyl (C=O) groups is 1. The fourth-order valence-electron chi connectivity index (χ4n) is 3.97. The lowest BCUT2D eigenvalue weighted by Gasteiger charge is -2.13. The van der Waals surface area contributed by atoms with Gasteiger partial charge in [-0.15, -0.1) is 10.2 Å². The van der Waals surface area contributed by atoms with Gasteiger partial charge in [-0.25, -0.2) is 4.98 Å². The summed E-state index contributed by atoms with van der Waals surface area (Å²) in [5.74, 6) is 0.711. The van der Waals surface area contributed by atoms with E-state index in [4.69, 9.17) is 9.83 Å². The molecule has 1 amide bonds. The summed E-state index contributed by atoms with van der Waals surface area (Å²) in [6, 6.07) is 20.1. The van der Waals surface area contributed by atoms with E-state index in [0.29, 0.717) is 20.9 Å². The Hall–Kier alpha value is -4.55. The van der Waals surface area contributed by atoms with Gasteiger partial charge in [0.05, 0.1) is 23.8 Å². The van der Waals surface area contributed by atoms with Crippen molar-refractivity contribution in [1.82, 2.24) is 24.1 Å². The van der Waals surface area contributed by atoms with E-state index in [1.807, 2.05) is 30.3 Å². The van der Waals surface area contributed by atoms with Gasteiger partial charge >= 0.3 is 0 Å². The molecular formula is C26H19N7O3S2. The molecule has 6 aromatic rings. The van der Waals surface area contributed by atoms with Crippen molar-refractivity contribution in [1.29, 1.82) is 5.41 Å². The summed E-state index contributed by atoms with van der Waals surface area (Å²) in [5, 5.41) is 20.3. The molecule has 12 heteroatoms. The van der Waals surface area contributed by atoms with Gasteiger partial charge in [-0.2, -0.15) is 0 Å². The van der Waals surface area contributed by atoms with E-state index in [0.717, 1.165) is 11.3 Å². The third kappa shape index (κ3) is 4.62. The summed E-state index contributed by atoms with van der Waals surface area (Å²) >= 11 is 2.76. The highest BCUT2D eigenvalue weighted by Gasteiger charge is 2.19. The second-order valence-electron chi connectivity index (χ2n) is 8.26. The molecule has 5 heterocycles. The lowest BCUT2D eigenvalue weighted by atomic mass is 10.2. The van der Waals surface area contributed by atoms with Crippen LogP contribution in [0.2, 0.25) is 0 Å². The molecule has 0 saturated heterocycles. The van der Waals surface area contributed by atoms with Crippen LogP contribution in [-0.2, 0) is 12.3 Å². The highest BCUT2D eigenvalue weighted by atomic mass is 32.2.